The Kier molecular flexibility index (Phi) is 3.81. The fourth-order valence-corrected chi connectivity index (χ4v) is 3.76. The van der Waals surface area contributed by atoms with Crippen LogP contribution in [0.2, 0.25) is 0 Å². The number of nitrogens with two attached hydrogens (primary N) is 1. The third kappa shape index (κ3) is 3.03. The van der Waals surface area contributed by atoms with Gasteiger partial charge in [0.2, 0.25) is 0 Å². The largest absolute Gasteiger partial charge is 0.394 e. The molecule has 2 rings (SSSR count). The van der Waals surface area contributed by atoms with Gasteiger partial charge in [0.15, 0.2) is 0 Å². The Morgan fingerprint density at radius 1 is 1.41 bits per heavy atom. The normalized spacial score (nSPS) is 28.6. The summed E-state index contributed by atoms with van der Waals surface area (Å²) >= 11 is 1.90. The van der Waals surface area contributed by atoms with Crippen LogP contribution in [0, 0.1) is 13.8 Å². The highest BCUT2D eigenvalue weighted by atomic mass is 32.2. The first kappa shape index (κ1) is 12.9. The van der Waals surface area contributed by atoms with Gasteiger partial charge in [-0.1, -0.05) is 6.07 Å². The Morgan fingerprint density at radius 3 is 2.76 bits per heavy atom. The van der Waals surface area contributed by atoms with Crippen molar-refractivity contribution in [2.75, 3.05) is 6.61 Å². The molecule has 0 bridgehead atoms. The highest BCUT2D eigenvalue weighted by molar-refractivity contribution is 8.00. The summed E-state index contributed by atoms with van der Waals surface area (Å²) in [6, 6.07) is 6.60. The van der Waals surface area contributed by atoms with Crippen LogP contribution in [-0.2, 0) is 0 Å². The number of aryl methyl sites for hydroxylation is 2. The molecule has 2 unspecified atom stereocenters. The van der Waals surface area contributed by atoms with Crippen LogP contribution in [0.5, 0.6) is 0 Å². The van der Waals surface area contributed by atoms with E-state index in [0.29, 0.717) is 5.25 Å². The van der Waals surface area contributed by atoms with Crippen LogP contribution in [0.25, 0.3) is 0 Å². The predicted molar refractivity (Wildman–Crippen MR) is 73.4 cm³/mol. The fraction of sp³-hybridized carbons (Fsp3) is 0.571. The molecule has 1 aliphatic carbocycles. The zero-order valence-electron chi connectivity index (χ0n) is 10.6. The van der Waals surface area contributed by atoms with E-state index in [0.717, 1.165) is 19.3 Å². The van der Waals surface area contributed by atoms with Crippen molar-refractivity contribution in [3.05, 3.63) is 29.3 Å². The molecule has 2 nitrogen and oxygen atoms in total. The lowest BCUT2D eigenvalue weighted by molar-refractivity contribution is 0.200. The Morgan fingerprint density at radius 2 is 2.18 bits per heavy atom. The average molecular weight is 251 g/mol. The first-order valence-electron chi connectivity index (χ1n) is 6.16. The van der Waals surface area contributed by atoms with Crippen LogP contribution in [0.4, 0.5) is 0 Å². The van der Waals surface area contributed by atoms with Crippen LogP contribution < -0.4 is 5.73 Å². The molecule has 94 valence electrons. The number of benzene rings is 1. The molecular weight excluding hydrogens is 230 g/mol. The predicted octanol–water partition coefficient (Wildman–Crippen LogP) is 2.64. The van der Waals surface area contributed by atoms with Crippen LogP contribution >= 0.6 is 11.8 Å². The number of hydrogen-bond donors (Lipinski definition) is 2. The van der Waals surface area contributed by atoms with Gasteiger partial charge < -0.3 is 10.8 Å². The zero-order valence-corrected chi connectivity index (χ0v) is 11.4. The Hall–Kier alpha value is -0.510. The summed E-state index contributed by atoms with van der Waals surface area (Å²) in [6.07, 6.45) is 2.96. The monoisotopic (exact) mass is 251 g/mol. The van der Waals surface area contributed by atoms with E-state index >= 15 is 0 Å². The number of aliphatic hydroxyl groups excluding tert-OH is 1. The number of aliphatic hydroxyl groups is 1. The average Bonchev–Trinajstić information content (AvgIpc) is 2.67. The second-order valence-electron chi connectivity index (χ2n) is 5.25. The summed E-state index contributed by atoms with van der Waals surface area (Å²) in [7, 11) is 0. The maximum absolute atomic E-state index is 9.26. The lowest BCUT2D eigenvalue weighted by Crippen LogP contribution is -2.40. The van der Waals surface area contributed by atoms with E-state index in [1.165, 1.54) is 16.0 Å². The van der Waals surface area contributed by atoms with Crippen LogP contribution in [0.1, 0.15) is 30.4 Å². The molecule has 0 aliphatic heterocycles. The van der Waals surface area contributed by atoms with Gasteiger partial charge in [0.1, 0.15) is 0 Å². The number of hydrogen-bond acceptors (Lipinski definition) is 3. The smallest absolute Gasteiger partial charge is 0.0611 e. The van der Waals surface area contributed by atoms with Crippen molar-refractivity contribution in [2.45, 2.75) is 48.8 Å². The van der Waals surface area contributed by atoms with Crippen molar-refractivity contribution in [2.24, 2.45) is 5.73 Å². The second kappa shape index (κ2) is 5.01. The lowest BCUT2D eigenvalue weighted by Gasteiger charge is -2.20. The topological polar surface area (TPSA) is 46.2 Å². The van der Waals surface area contributed by atoms with E-state index in [4.69, 9.17) is 5.73 Å². The first-order valence-corrected chi connectivity index (χ1v) is 7.04. The molecule has 17 heavy (non-hydrogen) atoms. The summed E-state index contributed by atoms with van der Waals surface area (Å²) in [5, 5.41) is 9.81. The van der Waals surface area contributed by atoms with Crippen molar-refractivity contribution in [1.29, 1.82) is 0 Å². The number of thioether (sulfide) groups is 1. The van der Waals surface area contributed by atoms with Crippen molar-refractivity contribution in [3.63, 3.8) is 0 Å². The van der Waals surface area contributed by atoms with Gasteiger partial charge in [0.05, 0.1) is 6.61 Å². The van der Waals surface area contributed by atoms with E-state index in [2.05, 4.69) is 32.0 Å². The third-order valence-electron chi connectivity index (χ3n) is 3.69. The van der Waals surface area contributed by atoms with Crippen molar-refractivity contribution in [1.82, 2.24) is 0 Å². The molecule has 0 radical (unpaired) electrons. The van der Waals surface area contributed by atoms with E-state index in [1.807, 2.05) is 11.8 Å². The first-order chi connectivity index (χ1) is 8.02. The van der Waals surface area contributed by atoms with E-state index < -0.39 is 0 Å². The Bertz CT molecular complexity index is 407. The highest BCUT2D eigenvalue weighted by Gasteiger charge is 2.35. The Balaban J connectivity index is 2.00. The minimum atomic E-state index is -0.336. The Labute approximate surface area is 108 Å². The van der Waals surface area contributed by atoms with E-state index in [-0.39, 0.29) is 12.1 Å². The molecule has 1 aromatic carbocycles. The molecule has 0 heterocycles. The summed E-state index contributed by atoms with van der Waals surface area (Å²) in [6.45, 7) is 4.39. The minimum Gasteiger partial charge on any atom is -0.394 e. The van der Waals surface area contributed by atoms with Crippen LogP contribution in [-0.4, -0.2) is 22.5 Å². The molecule has 3 N–H and O–H groups in total. The number of rotatable bonds is 3. The highest BCUT2D eigenvalue weighted by Crippen LogP contribution is 2.39. The van der Waals surface area contributed by atoms with Gasteiger partial charge >= 0.3 is 0 Å². The molecule has 0 aromatic heterocycles. The summed E-state index contributed by atoms with van der Waals surface area (Å²) in [5.41, 5.74) is 8.44. The molecule has 1 fully saturated rings. The maximum atomic E-state index is 9.26. The van der Waals surface area contributed by atoms with Gasteiger partial charge in [-0.15, -0.1) is 11.8 Å². The second-order valence-corrected chi connectivity index (χ2v) is 6.62. The molecule has 1 aliphatic rings. The molecule has 3 heteroatoms. The summed E-state index contributed by atoms with van der Waals surface area (Å²) in [5.74, 6) is 0. The quantitative estimate of drug-likeness (QED) is 0.868. The summed E-state index contributed by atoms with van der Waals surface area (Å²) in [4.78, 5) is 1.32. The van der Waals surface area contributed by atoms with Crippen molar-refractivity contribution < 1.29 is 5.11 Å². The summed E-state index contributed by atoms with van der Waals surface area (Å²) < 4.78 is 0. The third-order valence-corrected chi connectivity index (χ3v) is 4.96. The van der Waals surface area contributed by atoms with Gasteiger partial charge in [-0.3, -0.25) is 0 Å². The van der Waals surface area contributed by atoms with Gasteiger partial charge in [-0.05, 0) is 56.4 Å². The fourth-order valence-electron chi connectivity index (χ4n) is 2.33. The molecule has 1 aromatic rings. The van der Waals surface area contributed by atoms with E-state index in [9.17, 15) is 5.11 Å². The van der Waals surface area contributed by atoms with Crippen molar-refractivity contribution >= 4 is 11.8 Å². The molecule has 0 spiro atoms. The lowest BCUT2D eigenvalue weighted by atomic mass is 10.0. The van der Waals surface area contributed by atoms with E-state index in [1.54, 1.807) is 0 Å². The minimum absolute atomic E-state index is 0.108. The zero-order chi connectivity index (χ0) is 12.5. The maximum Gasteiger partial charge on any atom is 0.0611 e. The molecule has 1 saturated carbocycles. The molecule has 0 saturated heterocycles. The molecular formula is C14H21NOS. The van der Waals surface area contributed by atoms with Gasteiger partial charge in [-0.2, -0.15) is 0 Å². The van der Waals surface area contributed by atoms with Crippen molar-refractivity contribution in [3.8, 4) is 0 Å². The van der Waals surface area contributed by atoms with Crippen LogP contribution in [0.3, 0.4) is 0 Å². The van der Waals surface area contributed by atoms with Gasteiger partial charge in [0, 0.05) is 15.7 Å². The SMILES string of the molecule is Cc1ccc(SC2CCC(N)(CO)C2)cc1C. The van der Waals surface area contributed by atoms with Crippen LogP contribution in [0.15, 0.2) is 23.1 Å². The van der Waals surface area contributed by atoms with Gasteiger partial charge in [-0.25, -0.2) is 0 Å². The molecule has 2 atom stereocenters. The standard InChI is InChI=1S/C14H21NOS/c1-10-3-4-12(7-11(10)2)17-13-5-6-14(15,8-13)9-16/h3-4,7,13,16H,5-6,8-9,15H2,1-2H3. The van der Waals surface area contributed by atoms with Gasteiger partial charge in [0.25, 0.3) is 0 Å². The molecule has 0 amide bonds.